The van der Waals surface area contributed by atoms with E-state index in [2.05, 4.69) is 27.6 Å². The fraction of sp³-hybridized carbons (Fsp3) is 0.250. The third-order valence-electron chi connectivity index (χ3n) is 2.41. The fourth-order valence-electron chi connectivity index (χ4n) is 1.54. The molecule has 0 aliphatic heterocycles. The van der Waals surface area contributed by atoms with E-state index in [1.807, 2.05) is 18.2 Å². The highest BCUT2D eigenvalue weighted by molar-refractivity contribution is 7.16. The molecular formula is C12H14N4OS. The number of aryl methyl sites for hydroxylation is 1. The molecule has 0 spiro atoms. The molecule has 0 atom stereocenters. The van der Waals surface area contributed by atoms with Crippen molar-refractivity contribution in [3.63, 3.8) is 0 Å². The Kier molecular flexibility index (Phi) is 4.25. The number of carbonyl (C=O) groups excluding carboxylic acids is 1. The largest absolute Gasteiger partial charge is 0.374 e. The number of benzene rings is 1. The predicted molar refractivity (Wildman–Crippen MR) is 71.4 cm³/mol. The monoisotopic (exact) mass is 262 g/mol. The Morgan fingerprint density at radius 1 is 1.28 bits per heavy atom. The van der Waals surface area contributed by atoms with Crippen LogP contribution in [0.1, 0.15) is 21.8 Å². The summed E-state index contributed by atoms with van der Waals surface area (Å²) in [5.74, 6) is -0.211. The minimum absolute atomic E-state index is 0.211. The van der Waals surface area contributed by atoms with Crippen molar-refractivity contribution in [2.45, 2.75) is 12.8 Å². The highest BCUT2D eigenvalue weighted by Gasteiger charge is 2.10. The van der Waals surface area contributed by atoms with Gasteiger partial charge in [0.15, 0.2) is 0 Å². The third-order valence-corrected chi connectivity index (χ3v) is 3.16. The van der Waals surface area contributed by atoms with Crippen molar-refractivity contribution in [3.05, 3.63) is 40.9 Å². The Bertz CT molecular complexity index is 512. The van der Waals surface area contributed by atoms with Gasteiger partial charge in [0, 0.05) is 6.54 Å². The number of anilines is 1. The van der Waals surface area contributed by atoms with Crippen LogP contribution in [0.25, 0.3) is 0 Å². The van der Waals surface area contributed by atoms with Gasteiger partial charge >= 0.3 is 0 Å². The molecule has 0 aliphatic rings. The summed E-state index contributed by atoms with van der Waals surface area (Å²) in [4.78, 5) is 11.6. The van der Waals surface area contributed by atoms with Crippen molar-refractivity contribution in [1.82, 2.24) is 15.5 Å². The average Bonchev–Trinajstić information content (AvgIpc) is 2.82. The number of amides is 1. The summed E-state index contributed by atoms with van der Waals surface area (Å²) >= 11 is 1.09. The summed E-state index contributed by atoms with van der Waals surface area (Å²) in [6.07, 6.45) is 1.84. The van der Waals surface area contributed by atoms with Gasteiger partial charge in [-0.05, 0) is 18.4 Å². The topological polar surface area (TPSA) is 80.9 Å². The predicted octanol–water partition coefficient (Wildman–Crippen LogP) is 1.48. The summed E-state index contributed by atoms with van der Waals surface area (Å²) in [6.45, 7) is 0.618. The first kappa shape index (κ1) is 12.5. The van der Waals surface area contributed by atoms with E-state index in [4.69, 9.17) is 5.73 Å². The highest BCUT2D eigenvalue weighted by Crippen LogP contribution is 2.10. The van der Waals surface area contributed by atoms with E-state index in [-0.39, 0.29) is 5.91 Å². The Balaban J connectivity index is 1.71. The molecule has 1 amide bonds. The van der Waals surface area contributed by atoms with Crippen molar-refractivity contribution >= 4 is 22.4 Å². The highest BCUT2D eigenvalue weighted by atomic mass is 32.1. The Labute approximate surface area is 109 Å². The maximum atomic E-state index is 11.6. The van der Waals surface area contributed by atoms with E-state index >= 15 is 0 Å². The van der Waals surface area contributed by atoms with E-state index in [1.165, 1.54) is 5.56 Å². The second-order valence-electron chi connectivity index (χ2n) is 3.79. The van der Waals surface area contributed by atoms with Crippen LogP contribution in [0, 0.1) is 0 Å². The van der Waals surface area contributed by atoms with Crippen LogP contribution in [0.3, 0.4) is 0 Å². The summed E-state index contributed by atoms with van der Waals surface area (Å²) < 4.78 is 0. The van der Waals surface area contributed by atoms with Gasteiger partial charge in [0.1, 0.15) is 0 Å². The molecule has 0 saturated carbocycles. The standard InChI is InChI=1S/C12H14N4OS/c13-12-16-15-11(18-12)10(17)14-8-4-7-9-5-2-1-3-6-9/h1-3,5-6H,4,7-8H2,(H2,13,16)(H,14,17). The summed E-state index contributed by atoms with van der Waals surface area (Å²) in [7, 11) is 0. The molecule has 1 heterocycles. The molecule has 0 aliphatic carbocycles. The minimum Gasteiger partial charge on any atom is -0.374 e. The van der Waals surface area contributed by atoms with Gasteiger partial charge in [0.25, 0.3) is 5.91 Å². The summed E-state index contributed by atoms with van der Waals surface area (Å²) in [5.41, 5.74) is 6.68. The lowest BCUT2D eigenvalue weighted by molar-refractivity contribution is 0.0952. The van der Waals surface area contributed by atoms with E-state index in [9.17, 15) is 4.79 Å². The van der Waals surface area contributed by atoms with Crippen LogP contribution in [-0.2, 0) is 6.42 Å². The molecule has 0 saturated heterocycles. The second kappa shape index (κ2) is 6.11. The molecule has 94 valence electrons. The molecular weight excluding hydrogens is 248 g/mol. The molecule has 6 heteroatoms. The lowest BCUT2D eigenvalue weighted by Gasteiger charge is -2.02. The van der Waals surface area contributed by atoms with Crippen molar-refractivity contribution in [2.24, 2.45) is 0 Å². The van der Waals surface area contributed by atoms with Gasteiger partial charge in [0.05, 0.1) is 0 Å². The average molecular weight is 262 g/mol. The number of aromatic nitrogens is 2. The molecule has 1 aromatic heterocycles. The van der Waals surface area contributed by atoms with Gasteiger partial charge in [-0.25, -0.2) is 0 Å². The molecule has 1 aromatic carbocycles. The van der Waals surface area contributed by atoms with Gasteiger partial charge in [0.2, 0.25) is 10.1 Å². The zero-order valence-electron chi connectivity index (χ0n) is 9.80. The fourth-order valence-corrected chi connectivity index (χ4v) is 2.07. The number of hydrogen-bond acceptors (Lipinski definition) is 5. The molecule has 0 bridgehead atoms. The van der Waals surface area contributed by atoms with Crippen LogP contribution in [-0.4, -0.2) is 22.6 Å². The van der Waals surface area contributed by atoms with E-state index < -0.39 is 0 Å². The minimum atomic E-state index is -0.211. The lowest BCUT2D eigenvalue weighted by Crippen LogP contribution is -2.24. The lowest BCUT2D eigenvalue weighted by atomic mass is 10.1. The Morgan fingerprint density at radius 2 is 2.06 bits per heavy atom. The molecule has 2 aromatic rings. The van der Waals surface area contributed by atoms with E-state index in [0.717, 1.165) is 24.2 Å². The van der Waals surface area contributed by atoms with Gasteiger partial charge in [-0.15, -0.1) is 10.2 Å². The maximum Gasteiger partial charge on any atom is 0.282 e. The Morgan fingerprint density at radius 3 is 2.72 bits per heavy atom. The van der Waals surface area contributed by atoms with Crippen molar-refractivity contribution in [2.75, 3.05) is 12.3 Å². The summed E-state index contributed by atoms with van der Waals surface area (Å²) in [6, 6.07) is 10.2. The maximum absolute atomic E-state index is 11.6. The first-order valence-electron chi connectivity index (χ1n) is 5.67. The molecule has 3 N–H and O–H groups in total. The number of rotatable bonds is 5. The zero-order valence-corrected chi connectivity index (χ0v) is 10.6. The Hall–Kier alpha value is -1.95. The number of carbonyl (C=O) groups is 1. The first-order valence-corrected chi connectivity index (χ1v) is 6.48. The van der Waals surface area contributed by atoms with Crippen LogP contribution in [0.15, 0.2) is 30.3 Å². The second-order valence-corrected chi connectivity index (χ2v) is 4.80. The van der Waals surface area contributed by atoms with Gasteiger partial charge in [-0.2, -0.15) is 0 Å². The smallest absolute Gasteiger partial charge is 0.282 e. The van der Waals surface area contributed by atoms with Crippen LogP contribution < -0.4 is 11.1 Å². The first-order chi connectivity index (χ1) is 8.75. The van der Waals surface area contributed by atoms with Gasteiger partial charge in [-0.3, -0.25) is 4.79 Å². The zero-order chi connectivity index (χ0) is 12.8. The van der Waals surface area contributed by atoms with Crippen molar-refractivity contribution < 1.29 is 4.79 Å². The molecule has 5 nitrogen and oxygen atoms in total. The number of hydrogen-bond donors (Lipinski definition) is 2. The van der Waals surface area contributed by atoms with Crippen LogP contribution in [0.4, 0.5) is 5.13 Å². The number of nitrogen functional groups attached to an aromatic ring is 1. The van der Waals surface area contributed by atoms with Crippen LogP contribution >= 0.6 is 11.3 Å². The number of nitrogens with one attached hydrogen (secondary N) is 1. The van der Waals surface area contributed by atoms with Crippen molar-refractivity contribution in [3.8, 4) is 0 Å². The summed E-state index contributed by atoms with van der Waals surface area (Å²) in [5, 5.41) is 10.7. The van der Waals surface area contributed by atoms with E-state index in [1.54, 1.807) is 0 Å². The normalized spacial score (nSPS) is 10.2. The van der Waals surface area contributed by atoms with E-state index in [0.29, 0.717) is 16.7 Å². The van der Waals surface area contributed by atoms with Gasteiger partial charge < -0.3 is 11.1 Å². The SMILES string of the molecule is Nc1nnc(C(=O)NCCCc2ccccc2)s1. The number of nitrogens with zero attached hydrogens (tertiary/aromatic N) is 2. The van der Waals surface area contributed by atoms with Gasteiger partial charge in [-0.1, -0.05) is 41.7 Å². The van der Waals surface area contributed by atoms with Crippen LogP contribution in [0.5, 0.6) is 0 Å². The molecule has 0 unspecified atom stereocenters. The molecule has 0 fully saturated rings. The van der Waals surface area contributed by atoms with Crippen LogP contribution in [0.2, 0.25) is 0 Å². The number of nitrogens with two attached hydrogens (primary N) is 1. The third kappa shape index (κ3) is 3.53. The molecule has 0 radical (unpaired) electrons. The quantitative estimate of drug-likeness (QED) is 0.800. The molecule has 2 rings (SSSR count). The van der Waals surface area contributed by atoms with Crippen molar-refractivity contribution in [1.29, 1.82) is 0 Å². The molecule has 18 heavy (non-hydrogen) atoms.